The van der Waals surface area contributed by atoms with Crippen LogP contribution in [0.2, 0.25) is 0 Å². The summed E-state index contributed by atoms with van der Waals surface area (Å²) in [6.07, 6.45) is 6.32. The minimum atomic E-state index is 0.446. The second-order valence-corrected chi connectivity index (χ2v) is 9.97. The van der Waals surface area contributed by atoms with Crippen molar-refractivity contribution < 1.29 is 14.2 Å². The zero-order valence-corrected chi connectivity index (χ0v) is 23.5. The molecule has 1 N–H and O–H groups in total. The lowest BCUT2D eigenvalue weighted by Gasteiger charge is -2.22. The maximum atomic E-state index is 6.04. The first-order valence-electron chi connectivity index (χ1n) is 13.8. The van der Waals surface area contributed by atoms with E-state index in [9.17, 15) is 0 Å². The molecule has 208 valence electrons. The third kappa shape index (κ3) is 6.69. The molecule has 1 atom stereocenters. The van der Waals surface area contributed by atoms with Crippen LogP contribution >= 0.6 is 0 Å². The van der Waals surface area contributed by atoms with E-state index < -0.39 is 0 Å². The number of aromatic nitrogens is 2. The lowest BCUT2D eigenvalue weighted by atomic mass is 9.96. The number of methoxy groups -OCH3 is 2. The standard InChI is InChI=1S/C32H37N5O3/c1-4-28(26-6-5-15-33-19-26)36-35-18-24-9-13-30-29(16-24)34-22-37(30)20-25-10-14-31(32(17-25)39-3)40-21-23-7-11-27(38-2)12-8-23/h4,7-14,16-17,22,26,33H,5-6,15,18-21H2,1-3H3/b28-4-,36-35?. The Balaban J connectivity index is 1.22. The van der Waals surface area contributed by atoms with Crippen LogP contribution in [-0.2, 0) is 19.7 Å². The predicted molar refractivity (Wildman–Crippen MR) is 157 cm³/mol. The summed E-state index contributed by atoms with van der Waals surface area (Å²) < 4.78 is 19.0. The van der Waals surface area contributed by atoms with Gasteiger partial charge in [0, 0.05) is 19.0 Å². The number of azo groups is 1. The zero-order valence-electron chi connectivity index (χ0n) is 23.5. The molecule has 1 unspecified atom stereocenters. The van der Waals surface area contributed by atoms with Crippen LogP contribution in [-0.4, -0.2) is 36.9 Å². The molecule has 5 rings (SSSR count). The van der Waals surface area contributed by atoms with Gasteiger partial charge in [0.2, 0.25) is 0 Å². The molecule has 8 heteroatoms. The number of benzene rings is 3. The van der Waals surface area contributed by atoms with Gasteiger partial charge in [-0.1, -0.05) is 30.3 Å². The van der Waals surface area contributed by atoms with E-state index >= 15 is 0 Å². The predicted octanol–water partition coefficient (Wildman–Crippen LogP) is 6.54. The van der Waals surface area contributed by atoms with E-state index in [0.717, 1.165) is 52.3 Å². The second-order valence-electron chi connectivity index (χ2n) is 9.97. The van der Waals surface area contributed by atoms with E-state index in [1.54, 1.807) is 14.2 Å². The first kappa shape index (κ1) is 27.4. The number of fused-ring (bicyclic) bond motifs is 1. The van der Waals surface area contributed by atoms with Gasteiger partial charge in [-0.25, -0.2) is 4.98 Å². The van der Waals surface area contributed by atoms with E-state index in [2.05, 4.69) is 55.4 Å². The summed E-state index contributed by atoms with van der Waals surface area (Å²) in [6.45, 7) is 5.77. The number of piperidine rings is 1. The second kappa shape index (κ2) is 13.3. The summed E-state index contributed by atoms with van der Waals surface area (Å²) in [4.78, 5) is 4.65. The summed E-state index contributed by atoms with van der Waals surface area (Å²) in [7, 11) is 3.32. The molecule has 0 radical (unpaired) electrons. The molecule has 0 saturated carbocycles. The Morgan fingerprint density at radius 3 is 2.58 bits per heavy atom. The zero-order chi connectivity index (χ0) is 27.7. The topological polar surface area (TPSA) is 82.3 Å². The van der Waals surface area contributed by atoms with E-state index in [1.165, 1.54) is 12.8 Å². The third-order valence-electron chi connectivity index (χ3n) is 7.27. The maximum absolute atomic E-state index is 6.04. The summed E-state index contributed by atoms with van der Waals surface area (Å²) in [5.41, 5.74) is 6.34. The molecule has 4 aromatic rings. The molecule has 1 aliphatic heterocycles. The van der Waals surface area contributed by atoms with E-state index in [1.807, 2.05) is 49.6 Å². The molecule has 0 aliphatic carbocycles. The molecule has 0 spiro atoms. The summed E-state index contributed by atoms with van der Waals surface area (Å²) >= 11 is 0. The number of hydrogen-bond acceptors (Lipinski definition) is 7. The van der Waals surface area contributed by atoms with Crippen molar-refractivity contribution in [1.29, 1.82) is 0 Å². The number of nitrogens with zero attached hydrogens (tertiary/aromatic N) is 4. The maximum Gasteiger partial charge on any atom is 0.161 e. The Hall–Kier alpha value is -4.17. The average molecular weight is 540 g/mol. The van der Waals surface area contributed by atoms with Crippen LogP contribution in [0.25, 0.3) is 11.0 Å². The smallest absolute Gasteiger partial charge is 0.161 e. The number of nitrogens with one attached hydrogen (secondary N) is 1. The normalized spacial score (nSPS) is 16.0. The molecule has 1 aromatic heterocycles. The molecule has 8 nitrogen and oxygen atoms in total. The van der Waals surface area contributed by atoms with Gasteiger partial charge in [-0.15, -0.1) is 0 Å². The largest absolute Gasteiger partial charge is 0.497 e. The van der Waals surface area contributed by atoms with Crippen molar-refractivity contribution >= 4 is 11.0 Å². The van der Waals surface area contributed by atoms with Crippen LogP contribution in [0.1, 0.15) is 36.5 Å². The van der Waals surface area contributed by atoms with Gasteiger partial charge < -0.3 is 24.1 Å². The first-order valence-corrected chi connectivity index (χ1v) is 13.8. The van der Waals surface area contributed by atoms with Crippen molar-refractivity contribution in [3.05, 3.63) is 95.5 Å². The monoisotopic (exact) mass is 539 g/mol. The number of rotatable bonds is 11. The number of hydrogen-bond donors (Lipinski definition) is 1. The van der Waals surface area contributed by atoms with Gasteiger partial charge in [-0.2, -0.15) is 10.2 Å². The van der Waals surface area contributed by atoms with E-state index in [4.69, 9.17) is 14.2 Å². The van der Waals surface area contributed by atoms with Crippen molar-refractivity contribution in [2.75, 3.05) is 27.3 Å². The summed E-state index contributed by atoms with van der Waals surface area (Å²) in [5, 5.41) is 12.5. The molecular weight excluding hydrogens is 502 g/mol. The van der Waals surface area contributed by atoms with Crippen LogP contribution in [0.15, 0.2) is 89.0 Å². The van der Waals surface area contributed by atoms with Gasteiger partial charge in [0.25, 0.3) is 0 Å². The summed E-state index contributed by atoms with van der Waals surface area (Å²) in [5.74, 6) is 2.68. The number of imidazole rings is 1. The van der Waals surface area contributed by atoms with Gasteiger partial charge in [-0.3, -0.25) is 0 Å². The molecule has 3 aromatic carbocycles. The number of allylic oxidation sites excluding steroid dienone is 1. The minimum absolute atomic E-state index is 0.446. The van der Waals surface area contributed by atoms with Gasteiger partial charge in [0.15, 0.2) is 11.5 Å². The van der Waals surface area contributed by atoms with Crippen LogP contribution in [0, 0.1) is 5.92 Å². The minimum Gasteiger partial charge on any atom is -0.497 e. The van der Waals surface area contributed by atoms with Crippen molar-refractivity contribution in [2.24, 2.45) is 16.1 Å². The molecule has 2 heterocycles. The van der Waals surface area contributed by atoms with Gasteiger partial charge in [-0.05, 0) is 79.4 Å². The van der Waals surface area contributed by atoms with Crippen LogP contribution in [0.5, 0.6) is 17.2 Å². The van der Waals surface area contributed by atoms with Gasteiger partial charge in [0.1, 0.15) is 12.4 Å². The Morgan fingerprint density at radius 1 is 1.00 bits per heavy atom. The first-order chi connectivity index (χ1) is 19.7. The van der Waals surface area contributed by atoms with E-state index in [0.29, 0.717) is 37.1 Å². The molecule has 1 fully saturated rings. The van der Waals surface area contributed by atoms with Gasteiger partial charge >= 0.3 is 0 Å². The highest BCUT2D eigenvalue weighted by Crippen LogP contribution is 2.30. The fourth-order valence-corrected chi connectivity index (χ4v) is 5.02. The molecule has 1 saturated heterocycles. The van der Waals surface area contributed by atoms with E-state index in [-0.39, 0.29) is 0 Å². The fraction of sp³-hybridized carbons (Fsp3) is 0.344. The lowest BCUT2D eigenvalue weighted by molar-refractivity contribution is 0.284. The van der Waals surface area contributed by atoms with Crippen molar-refractivity contribution in [3.63, 3.8) is 0 Å². The fourth-order valence-electron chi connectivity index (χ4n) is 5.02. The SMILES string of the molecule is C/C=C(\N=NCc1ccc2c(c1)ncn2Cc1ccc(OCc2ccc(OC)cc2)c(OC)c1)C1CCCNC1. The van der Waals surface area contributed by atoms with Gasteiger partial charge in [0.05, 0.1) is 43.8 Å². The third-order valence-corrected chi connectivity index (χ3v) is 7.27. The Kier molecular flexibility index (Phi) is 9.08. The molecule has 40 heavy (non-hydrogen) atoms. The Bertz CT molecular complexity index is 1470. The van der Waals surface area contributed by atoms with Crippen LogP contribution < -0.4 is 19.5 Å². The molecular formula is C32H37N5O3. The highest BCUT2D eigenvalue weighted by Gasteiger charge is 2.16. The highest BCUT2D eigenvalue weighted by atomic mass is 16.5. The lowest BCUT2D eigenvalue weighted by Crippen LogP contribution is -2.30. The van der Waals surface area contributed by atoms with Crippen molar-refractivity contribution in [3.8, 4) is 17.2 Å². The van der Waals surface area contributed by atoms with Crippen molar-refractivity contribution in [2.45, 2.75) is 39.5 Å². The average Bonchev–Trinajstić information content (AvgIpc) is 3.41. The quantitative estimate of drug-likeness (QED) is 0.219. The molecule has 0 amide bonds. The van der Waals surface area contributed by atoms with Crippen LogP contribution in [0.4, 0.5) is 0 Å². The van der Waals surface area contributed by atoms with Crippen molar-refractivity contribution in [1.82, 2.24) is 14.9 Å². The molecule has 0 bridgehead atoms. The number of ether oxygens (including phenoxy) is 3. The van der Waals surface area contributed by atoms with Crippen LogP contribution in [0.3, 0.4) is 0 Å². The highest BCUT2D eigenvalue weighted by molar-refractivity contribution is 5.76. The molecule has 1 aliphatic rings. The summed E-state index contributed by atoms with van der Waals surface area (Å²) in [6, 6.07) is 20.2. The Labute approximate surface area is 235 Å². The Morgan fingerprint density at radius 2 is 1.82 bits per heavy atom.